The molecule has 0 bridgehead atoms. The third kappa shape index (κ3) is 4.54. The van der Waals surface area contributed by atoms with Crippen LogP contribution < -0.4 is 5.73 Å². The van der Waals surface area contributed by atoms with E-state index in [1.807, 2.05) is 25.7 Å². The van der Waals surface area contributed by atoms with E-state index in [0.29, 0.717) is 6.54 Å². The van der Waals surface area contributed by atoms with E-state index in [2.05, 4.69) is 6.92 Å². The fourth-order valence-electron chi connectivity index (χ4n) is 1.84. The molecule has 1 aliphatic carbocycles. The van der Waals surface area contributed by atoms with Crippen molar-refractivity contribution >= 4 is 6.09 Å². The van der Waals surface area contributed by atoms with Gasteiger partial charge in [-0.1, -0.05) is 6.92 Å². The van der Waals surface area contributed by atoms with Crippen LogP contribution in [0.25, 0.3) is 0 Å². The molecule has 1 rings (SSSR count). The smallest absolute Gasteiger partial charge is 0.410 e. The first-order chi connectivity index (χ1) is 7.82. The molecule has 0 heterocycles. The van der Waals surface area contributed by atoms with Crippen LogP contribution in [0.3, 0.4) is 0 Å². The Bertz CT molecular complexity index is 267. The quantitative estimate of drug-likeness (QED) is 0.805. The van der Waals surface area contributed by atoms with E-state index in [0.717, 1.165) is 32.4 Å². The van der Waals surface area contributed by atoms with Crippen LogP contribution >= 0.6 is 0 Å². The molecule has 0 radical (unpaired) electrons. The Morgan fingerprint density at radius 2 is 2.00 bits per heavy atom. The monoisotopic (exact) mass is 242 g/mol. The van der Waals surface area contributed by atoms with Gasteiger partial charge in [0.1, 0.15) is 5.60 Å². The molecular weight excluding hydrogens is 216 g/mol. The fourth-order valence-corrected chi connectivity index (χ4v) is 1.84. The molecule has 0 aromatic rings. The third-order valence-corrected chi connectivity index (χ3v) is 3.06. The molecule has 0 spiro atoms. The summed E-state index contributed by atoms with van der Waals surface area (Å²) in [5.41, 5.74) is 5.51. The summed E-state index contributed by atoms with van der Waals surface area (Å²) in [7, 11) is 0. The highest BCUT2D eigenvalue weighted by Crippen LogP contribution is 2.45. The predicted octanol–water partition coefficient (Wildman–Crippen LogP) is 2.37. The number of amides is 1. The van der Waals surface area contributed by atoms with Gasteiger partial charge in [0.15, 0.2) is 0 Å². The van der Waals surface area contributed by atoms with E-state index in [4.69, 9.17) is 10.5 Å². The van der Waals surface area contributed by atoms with Gasteiger partial charge in [0.05, 0.1) is 0 Å². The molecule has 4 heteroatoms. The minimum Gasteiger partial charge on any atom is -0.444 e. The van der Waals surface area contributed by atoms with Gasteiger partial charge in [-0.05, 0) is 46.6 Å². The number of nitrogens with two attached hydrogens (primary N) is 1. The summed E-state index contributed by atoms with van der Waals surface area (Å²) in [6.45, 7) is 9.90. The van der Waals surface area contributed by atoms with Gasteiger partial charge in [0, 0.05) is 18.5 Å². The van der Waals surface area contributed by atoms with Crippen molar-refractivity contribution in [1.82, 2.24) is 4.90 Å². The molecule has 4 nitrogen and oxygen atoms in total. The van der Waals surface area contributed by atoms with Crippen molar-refractivity contribution in [1.29, 1.82) is 0 Å². The summed E-state index contributed by atoms with van der Waals surface area (Å²) in [6.07, 6.45) is 3.00. The Hall–Kier alpha value is -0.770. The van der Waals surface area contributed by atoms with Crippen LogP contribution in [0.15, 0.2) is 0 Å². The highest BCUT2D eigenvalue weighted by molar-refractivity contribution is 5.68. The zero-order chi connectivity index (χ0) is 13.1. The Morgan fingerprint density at radius 3 is 2.35 bits per heavy atom. The van der Waals surface area contributed by atoms with Gasteiger partial charge >= 0.3 is 6.09 Å². The summed E-state index contributed by atoms with van der Waals surface area (Å²) in [6, 6.07) is 0. The second-order valence-electron chi connectivity index (χ2n) is 6.11. The maximum atomic E-state index is 12.0. The summed E-state index contributed by atoms with van der Waals surface area (Å²) in [4.78, 5) is 13.8. The maximum absolute atomic E-state index is 12.0. The molecular formula is C13H26N2O2. The number of hydrogen-bond donors (Lipinski definition) is 1. The first-order valence-corrected chi connectivity index (χ1v) is 6.50. The Morgan fingerprint density at radius 1 is 1.41 bits per heavy atom. The second kappa shape index (κ2) is 5.25. The van der Waals surface area contributed by atoms with Crippen molar-refractivity contribution in [3.63, 3.8) is 0 Å². The number of carbonyl (C=O) groups is 1. The van der Waals surface area contributed by atoms with Gasteiger partial charge < -0.3 is 15.4 Å². The number of rotatable bonds is 5. The van der Waals surface area contributed by atoms with E-state index in [1.54, 1.807) is 0 Å². The number of nitrogens with zero attached hydrogens (tertiary/aromatic N) is 1. The zero-order valence-electron chi connectivity index (χ0n) is 11.6. The van der Waals surface area contributed by atoms with Crippen molar-refractivity contribution in [3.8, 4) is 0 Å². The summed E-state index contributed by atoms with van der Waals surface area (Å²) in [5, 5.41) is 0. The number of ether oxygens (including phenoxy) is 1. The van der Waals surface area contributed by atoms with E-state index in [-0.39, 0.29) is 11.5 Å². The molecule has 1 saturated carbocycles. The first-order valence-electron chi connectivity index (χ1n) is 6.50. The third-order valence-electron chi connectivity index (χ3n) is 3.06. The molecule has 0 aromatic heterocycles. The van der Waals surface area contributed by atoms with Gasteiger partial charge in [-0.25, -0.2) is 4.79 Å². The van der Waals surface area contributed by atoms with E-state index >= 15 is 0 Å². The Labute approximate surface area is 104 Å². The lowest BCUT2D eigenvalue weighted by atomic mass is 10.1. The van der Waals surface area contributed by atoms with Crippen molar-refractivity contribution < 1.29 is 9.53 Å². The minimum absolute atomic E-state index is 0.173. The molecule has 0 atom stereocenters. The van der Waals surface area contributed by atoms with Gasteiger partial charge in [-0.15, -0.1) is 0 Å². The molecule has 100 valence electrons. The van der Waals surface area contributed by atoms with E-state index < -0.39 is 5.60 Å². The molecule has 1 aliphatic rings. The van der Waals surface area contributed by atoms with E-state index in [9.17, 15) is 4.79 Å². The zero-order valence-corrected chi connectivity index (χ0v) is 11.6. The lowest BCUT2D eigenvalue weighted by molar-refractivity contribution is 0.0212. The lowest BCUT2D eigenvalue weighted by Crippen LogP contribution is -2.42. The van der Waals surface area contributed by atoms with Crippen molar-refractivity contribution in [3.05, 3.63) is 0 Å². The van der Waals surface area contributed by atoms with Crippen LogP contribution in [0, 0.1) is 5.41 Å². The lowest BCUT2D eigenvalue weighted by Gasteiger charge is -2.29. The van der Waals surface area contributed by atoms with Gasteiger partial charge in [0.25, 0.3) is 0 Å². The average molecular weight is 242 g/mol. The highest BCUT2D eigenvalue weighted by Gasteiger charge is 2.43. The van der Waals surface area contributed by atoms with Crippen molar-refractivity contribution in [2.45, 2.75) is 52.6 Å². The van der Waals surface area contributed by atoms with Crippen LogP contribution in [-0.2, 0) is 4.74 Å². The molecule has 2 N–H and O–H groups in total. The molecule has 0 aromatic carbocycles. The molecule has 0 aliphatic heterocycles. The van der Waals surface area contributed by atoms with Crippen molar-refractivity contribution in [2.24, 2.45) is 11.1 Å². The van der Waals surface area contributed by atoms with Crippen LogP contribution in [-0.4, -0.2) is 36.2 Å². The summed E-state index contributed by atoms with van der Waals surface area (Å²) < 4.78 is 5.42. The highest BCUT2D eigenvalue weighted by atomic mass is 16.6. The van der Waals surface area contributed by atoms with E-state index in [1.165, 1.54) is 0 Å². The topological polar surface area (TPSA) is 55.6 Å². The second-order valence-corrected chi connectivity index (χ2v) is 6.11. The van der Waals surface area contributed by atoms with Crippen LogP contribution in [0.1, 0.15) is 47.0 Å². The van der Waals surface area contributed by atoms with Crippen LogP contribution in [0.4, 0.5) is 4.79 Å². The standard InChI is InChI=1S/C13H26N2O2/c1-5-8-15(10-13(9-14)6-7-13)11(16)17-12(2,3)4/h5-10,14H2,1-4H3. The molecule has 0 saturated heterocycles. The Kier molecular flexibility index (Phi) is 4.42. The molecule has 0 unspecified atom stereocenters. The van der Waals surface area contributed by atoms with Gasteiger partial charge in [-0.2, -0.15) is 0 Å². The fraction of sp³-hybridized carbons (Fsp3) is 0.923. The van der Waals surface area contributed by atoms with Crippen LogP contribution in [0.5, 0.6) is 0 Å². The molecule has 1 amide bonds. The summed E-state index contributed by atoms with van der Waals surface area (Å²) in [5.74, 6) is 0. The number of hydrogen-bond acceptors (Lipinski definition) is 3. The normalized spacial score (nSPS) is 17.7. The van der Waals surface area contributed by atoms with Crippen molar-refractivity contribution in [2.75, 3.05) is 19.6 Å². The van der Waals surface area contributed by atoms with Gasteiger partial charge in [0.2, 0.25) is 0 Å². The molecule has 1 fully saturated rings. The average Bonchev–Trinajstić information content (AvgIpc) is 2.95. The van der Waals surface area contributed by atoms with Gasteiger partial charge in [-0.3, -0.25) is 0 Å². The van der Waals surface area contributed by atoms with Crippen LogP contribution in [0.2, 0.25) is 0 Å². The number of carbonyl (C=O) groups excluding carboxylic acids is 1. The predicted molar refractivity (Wildman–Crippen MR) is 68.8 cm³/mol. The maximum Gasteiger partial charge on any atom is 0.410 e. The molecule has 17 heavy (non-hydrogen) atoms. The summed E-state index contributed by atoms with van der Waals surface area (Å²) >= 11 is 0. The SMILES string of the molecule is CCCN(CC1(CN)CC1)C(=O)OC(C)(C)C. The minimum atomic E-state index is -0.428. The first kappa shape index (κ1) is 14.3. The Balaban J connectivity index is 2.56. The largest absolute Gasteiger partial charge is 0.444 e.